The number of rotatable bonds is 8. The van der Waals surface area contributed by atoms with Crippen LogP contribution in [0.25, 0.3) is 0 Å². The first kappa shape index (κ1) is 22.8. The predicted molar refractivity (Wildman–Crippen MR) is 125 cm³/mol. The average molecular weight is 430 g/mol. The molecule has 1 saturated heterocycles. The normalized spacial score (nSPS) is 17.7. The lowest BCUT2D eigenvalue weighted by Crippen LogP contribution is -2.44. The number of morpholine rings is 1. The van der Waals surface area contributed by atoms with Crippen LogP contribution in [0.4, 0.5) is 5.69 Å². The second-order valence-corrected chi connectivity index (χ2v) is 11.5. The van der Waals surface area contributed by atoms with Gasteiger partial charge in [0.2, 0.25) is 0 Å². The maximum atomic E-state index is 12.1. The number of aryl methyl sites for hydroxylation is 2. The van der Waals surface area contributed by atoms with Crippen LogP contribution in [0.5, 0.6) is 0 Å². The molecule has 4 nitrogen and oxygen atoms in total. The van der Waals surface area contributed by atoms with Crippen molar-refractivity contribution in [1.82, 2.24) is 0 Å². The molecule has 0 saturated carbocycles. The SMILES string of the molecule is CC(C)[C@@H]1CN(c2ccc(CCc3ccc(CS(=O)(=O)C(C)C)cc3)cc2)CCO1. The van der Waals surface area contributed by atoms with Gasteiger partial charge in [-0.25, -0.2) is 8.42 Å². The minimum Gasteiger partial charge on any atom is -0.374 e. The van der Waals surface area contributed by atoms with Crippen molar-refractivity contribution in [3.05, 3.63) is 65.2 Å². The molecule has 0 aromatic heterocycles. The number of hydrogen-bond donors (Lipinski definition) is 0. The summed E-state index contributed by atoms with van der Waals surface area (Å²) in [6, 6.07) is 16.9. The van der Waals surface area contributed by atoms with Gasteiger partial charge in [0.1, 0.15) is 0 Å². The highest BCUT2D eigenvalue weighted by atomic mass is 32.2. The van der Waals surface area contributed by atoms with E-state index in [9.17, 15) is 8.42 Å². The summed E-state index contributed by atoms with van der Waals surface area (Å²) in [4.78, 5) is 2.42. The zero-order valence-corrected chi connectivity index (χ0v) is 19.5. The Bertz CT molecular complexity index is 902. The molecule has 1 atom stereocenters. The highest BCUT2D eigenvalue weighted by Gasteiger charge is 2.23. The molecule has 1 aliphatic rings. The summed E-state index contributed by atoms with van der Waals surface area (Å²) in [5.41, 5.74) is 4.68. The van der Waals surface area contributed by atoms with E-state index >= 15 is 0 Å². The second kappa shape index (κ2) is 9.97. The van der Waals surface area contributed by atoms with Crippen LogP contribution in [0.1, 0.15) is 44.4 Å². The van der Waals surface area contributed by atoms with Gasteiger partial charge in [0, 0.05) is 18.8 Å². The third-order valence-corrected chi connectivity index (χ3v) is 8.12. The van der Waals surface area contributed by atoms with Crippen molar-refractivity contribution >= 4 is 15.5 Å². The molecule has 0 radical (unpaired) electrons. The van der Waals surface area contributed by atoms with Crippen molar-refractivity contribution in [1.29, 1.82) is 0 Å². The fourth-order valence-corrected chi connectivity index (χ4v) is 4.67. The molecular formula is C25H35NO3S. The molecule has 5 heteroatoms. The number of hydrogen-bond acceptors (Lipinski definition) is 4. The van der Waals surface area contributed by atoms with Crippen molar-refractivity contribution in [2.24, 2.45) is 5.92 Å². The van der Waals surface area contributed by atoms with E-state index in [1.807, 2.05) is 12.1 Å². The predicted octanol–water partition coefficient (Wildman–Crippen LogP) is 4.66. The highest BCUT2D eigenvalue weighted by molar-refractivity contribution is 7.91. The maximum absolute atomic E-state index is 12.1. The van der Waals surface area contributed by atoms with Gasteiger partial charge >= 0.3 is 0 Å². The van der Waals surface area contributed by atoms with Crippen LogP contribution in [-0.2, 0) is 33.2 Å². The minimum atomic E-state index is -3.05. The molecule has 1 fully saturated rings. The Morgan fingerprint density at radius 2 is 1.43 bits per heavy atom. The number of benzene rings is 2. The summed E-state index contributed by atoms with van der Waals surface area (Å²) in [6.45, 7) is 10.6. The van der Waals surface area contributed by atoms with Gasteiger partial charge in [-0.3, -0.25) is 0 Å². The Balaban J connectivity index is 1.54. The van der Waals surface area contributed by atoms with E-state index in [-0.39, 0.29) is 11.0 Å². The lowest BCUT2D eigenvalue weighted by molar-refractivity contribution is 0.0114. The van der Waals surface area contributed by atoms with E-state index < -0.39 is 9.84 Å². The summed E-state index contributed by atoms with van der Waals surface area (Å²) in [7, 11) is -3.05. The fourth-order valence-electron chi connectivity index (χ4n) is 3.68. The van der Waals surface area contributed by atoms with Crippen molar-refractivity contribution in [3.63, 3.8) is 0 Å². The molecule has 1 heterocycles. The molecule has 0 unspecified atom stereocenters. The van der Waals surface area contributed by atoms with Gasteiger partial charge in [-0.2, -0.15) is 0 Å². The van der Waals surface area contributed by atoms with E-state index in [1.165, 1.54) is 16.8 Å². The van der Waals surface area contributed by atoms with Crippen molar-refractivity contribution in [2.75, 3.05) is 24.6 Å². The van der Waals surface area contributed by atoms with Gasteiger partial charge in [0.25, 0.3) is 0 Å². The van der Waals surface area contributed by atoms with Crippen molar-refractivity contribution in [2.45, 2.75) is 57.6 Å². The average Bonchev–Trinajstić information content (AvgIpc) is 2.73. The molecule has 3 rings (SSSR count). The van der Waals surface area contributed by atoms with Gasteiger partial charge in [-0.1, -0.05) is 50.2 Å². The first-order valence-electron chi connectivity index (χ1n) is 11.0. The van der Waals surface area contributed by atoms with E-state index in [0.717, 1.165) is 38.1 Å². The molecular weight excluding hydrogens is 394 g/mol. The third-order valence-electron chi connectivity index (χ3n) is 5.95. The van der Waals surface area contributed by atoms with E-state index in [0.29, 0.717) is 12.0 Å². The van der Waals surface area contributed by atoms with Crippen molar-refractivity contribution in [3.8, 4) is 0 Å². The standard InChI is InChI=1S/C25H35NO3S/c1-19(2)25-17-26(15-16-29-25)24-13-11-22(12-14-24)6-5-21-7-9-23(10-8-21)18-30(27,28)20(3)4/h7-14,19-20,25H,5-6,15-18H2,1-4H3/t25-/m0/s1. The van der Waals surface area contributed by atoms with Crippen LogP contribution in [0, 0.1) is 5.92 Å². The number of sulfone groups is 1. The molecule has 0 N–H and O–H groups in total. The summed E-state index contributed by atoms with van der Waals surface area (Å²) < 4.78 is 30.0. The fraction of sp³-hybridized carbons (Fsp3) is 0.520. The molecule has 164 valence electrons. The number of ether oxygens (including phenoxy) is 1. The molecule has 0 aliphatic carbocycles. The zero-order valence-electron chi connectivity index (χ0n) is 18.7. The Morgan fingerprint density at radius 1 is 0.900 bits per heavy atom. The van der Waals surface area contributed by atoms with E-state index in [4.69, 9.17) is 4.74 Å². The summed E-state index contributed by atoms with van der Waals surface area (Å²) in [5.74, 6) is 0.648. The van der Waals surface area contributed by atoms with Crippen LogP contribution in [0.2, 0.25) is 0 Å². The Hall–Kier alpha value is -1.85. The Labute approximate surface area is 182 Å². The van der Waals surface area contributed by atoms with Gasteiger partial charge in [0.15, 0.2) is 9.84 Å². The van der Waals surface area contributed by atoms with Crippen LogP contribution < -0.4 is 4.90 Å². The first-order chi connectivity index (χ1) is 14.2. The maximum Gasteiger partial charge on any atom is 0.156 e. The smallest absolute Gasteiger partial charge is 0.156 e. The Morgan fingerprint density at radius 3 is 1.97 bits per heavy atom. The lowest BCUT2D eigenvalue weighted by atomic mass is 10.0. The van der Waals surface area contributed by atoms with Crippen LogP contribution in [0.3, 0.4) is 0 Å². The van der Waals surface area contributed by atoms with Gasteiger partial charge in [-0.05, 0) is 61.4 Å². The topological polar surface area (TPSA) is 46.6 Å². The van der Waals surface area contributed by atoms with Crippen molar-refractivity contribution < 1.29 is 13.2 Å². The van der Waals surface area contributed by atoms with Gasteiger partial charge in [-0.15, -0.1) is 0 Å². The quantitative estimate of drug-likeness (QED) is 0.612. The number of anilines is 1. The van der Waals surface area contributed by atoms with E-state index in [1.54, 1.807) is 13.8 Å². The molecule has 0 spiro atoms. The van der Waals surface area contributed by atoms with Crippen LogP contribution >= 0.6 is 0 Å². The summed E-state index contributed by atoms with van der Waals surface area (Å²) >= 11 is 0. The largest absolute Gasteiger partial charge is 0.374 e. The Kier molecular flexibility index (Phi) is 7.59. The third kappa shape index (κ3) is 6.08. The van der Waals surface area contributed by atoms with Crippen LogP contribution in [0.15, 0.2) is 48.5 Å². The molecule has 2 aromatic carbocycles. The van der Waals surface area contributed by atoms with Crippen LogP contribution in [-0.4, -0.2) is 39.5 Å². The lowest BCUT2D eigenvalue weighted by Gasteiger charge is -2.36. The van der Waals surface area contributed by atoms with Gasteiger partial charge < -0.3 is 9.64 Å². The summed E-state index contributed by atoms with van der Waals surface area (Å²) in [6.07, 6.45) is 2.22. The molecule has 1 aliphatic heterocycles. The van der Waals surface area contributed by atoms with E-state index in [2.05, 4.69) is 55.1 Å². The first-order valence-corrected chi connectivity index (χ1v) is 12.7. The summed E-state index contributed by atoms with van der Waals surface area (Å²) in [5, 5.41) is -0.339. The second-order valence-electron chi connectivity index (χ2n) is 8.94. The molecule has 30 heavy (non-hydrogen) atoms. The molecule has 0 amide bonds. The molecule has 2 aromatic rings. The van der Waals surface area contributed by atoms with Gasteiger partial charge in [0.05, 0.1) is 23.7 Å². The number of nitrogens with zero attached hydrogens (tertiary/aromatic N) is 1. The molecule has 0 bridgehead atoms. The highest BCUT2D eigenvalue weighted by Crippen LogP contribution is 2.22. The monoisotopic (exact) mass is 429 g/mol. The minimum absolute atomic E-state index is 0.117. The zero-order chi connectivity index (χ0) is 21.7.